The summed E-state index contributed by atoms with van der Waals surface area (Å²) in [5, 5.41) is 2.84. The largest absolute Gasteiger partial charge is 0.495 e. The van der Waals surface area contributed by atoms with Crippen LogP contribution in [0.1, 0.15) is 38.7 Å². The van der Waals surface area contributed by atoms with Crippen LogP contribution in [-0.2, 0) is 6.42 Å². The molecule has 0 aliphatic rings. The molecule has 3 aromatic rings. The number of hydrogen-bond acceptors (Lipinski definition) is 4. The number of fused-ring (bicyclic) bond motifs is 2. The Bertz CT molecular complexity index is 954. The minimum Gasteiger partial charge on any atom is -0.495 e. The van der Waals surface area contributed by atoms with E-state index in [4.69, 9.17) is 27.1 Å². The topological polar surface area (TPSA) is 51.4 Å². The Morgan fingerprint density at radius 3 is 2.54 bits per heavy atom. The number of benzene rings is 2. The molecular weight excluding hydrogens is 370 g/mol. The van der Waals surface area contributed by atoms with Crippen LogP contribution < -0.4 is 10.5 Å². The molecule has 0 aliphatic heterocycles. The fourth-order valence-corrected chi connectivity index (χ4v) is 4.07. The van der Waals surface area contributed by atoms with E-state index in [2.05, 4.69) is 24.8 Å². The highest BCUT2D eigenvalue weighted by atomic mass is 35.5. The van der Waals surface area contributed by atoms with E-state index in [1.807, 2.05) is 24.3 Å². The number of ether oxygens (including phenoxy) is 1. The second-order valence-corrected chi connectivity index (χ2v) is 7.60. The highest BCUT2D eigenvalue weighted by Crippen LogP contribution is 2.36. The van der Waals surface area contributed by atoms with Crippen molar-refractivity contribution in [2.24, 2.45) is 0 Å². The van der Waals surface area contributed by atoms with Crippen molar-refractivity contribution >= 4 is 39.1 Å². The molecule has 0 aliphatic carbocycles. The molecule has 4 nitrogen and oxygen atoms in total. The maximum Gasteiger partial charge on any atom is 0.142 e. The number of nitrogen functional groups attached to an aromatic ring is 1. The molecule has 3 rings (SSSR count). The lowest BCUT2D eigenvalue weighted by Gasteiger charge is -2.18. The normalized spacial score (nSPS) is 11.6. The van der Waals surface area contributed by atoms with E-state index in [0.717, 1.165) is 54.3 Å². The van der Waals surface area contributed by atoms with Crippen molar-refractivity contribution in [3.8, 4) is 5.75 Å². The van der Waals surface area contributed by atoms with Gasteiger partial charge in [-0.25, -0.2) is 4.98 Å². The molecule has 150 valence electrons. The van der Waals surface area contributed by atoms with Gasteiger partial charge < -0.3 is 15.4 Å². The molecule has 2 N–H and O–H groups in total. The zero-order valence-electron chi connectivity index (χ0n) is 17.1. The van der Waals surface area contributed by atoms with E-state index in [1.54, 1.807) is 7.11 Å². The van der Waals surface area contributed by atoms with Crippen LogP contribution in [0.4, 0.5) is 5.69 Å². The Kier molecular flexibility index (Phi) is 6.97. The minimum absolute atomic E-state index is 0.669. The number of hydrogen-bond donors (Lipinski definition) is 1. The van der Waals surface area contributed by atoms with Crippen LogP contribution in [0.2, 0.25) is 5.02 Å². The molecule has 5 heteroatoms. The number of nitrogens with zero attached hydrogens (tertiary/aromatic N) is 2. The van der Waals surface area contributed by atoms with Crippen LogP contribution in [0.15, 0.2) is 30.3 Å². The summed E-state index contributed by atoms with van der Waals surface area (Å²) in [4.78, 5) is 7.27. The van der Waals surface area contributed by atoms with Crippen LogP contribution in [0.5, 0.6) is 5.75 Å². The van der Waals surface area contributed by atoms with Gasteiger partial charge >= 0.3 is 0 Å². The van der Waals surface area contributed by atoms with Crippen molar-refractivity contribution in [1.29, 1.82) is 0 Å². The van der Waals surface area contributed by atoms with Gasteiger partial charge in [-0.3, -0.25) is 0 Å². The lowest BCUT2D eigenvalue weighted by Crippen LogP contribution is -2.23. The Morgan fingerprint density at radius 1 is 1.04 bits per heavy atom. The molecule has 0 saturated heterocycles. The Labute approximate surface area is 172 Å². The Morgan fingerprint density at radius 2 is 1.82 bits per heavy atom. The maximum absolute atomic E-state index is 6.46. The Balaban J connectivity index is 1.93. The number of anilines is 1. The van der Waals surface area contributed by atoms with Crippen LogP contribution in [-0.4, -0.2) is 36.6 Å². The summed E-state index contributed by atoms with van der Waals surface area (Å²) in [6, 6.07) is 9.79. The average molecular weight is 400 g/mol. The predicted molar refractivity (Wildman–Crippen MR) is 121 cm³/mol. The number of nitrogens with two attached hydrogens (primary N) is 1. The van der Waals surface area contributed by atoms with Gasteiger partial charge in [0.2, 0.25) is 0 Å². The zero-order valence-corrected chi connectivity index (χ0v) is 17.9. The number of aromatic nitrogens is 1. The summed E-state index contributed by atoms with van der Waals surface area (Å²) in [6.07, 6.45) is 4.49. The zero-order chi connectivity index (χ0) is 20.1. The van der Waals surface area contributed by atoms with Gasteiger partial charge in [0.15, 0.2) is 0 Å². The second kappa shape index (κ2) is 9.44. The molecule has 0 saturated carbocycles. The first-order chi connectivity index (χ1) is 13.6. The first-order valence-electron chi connectivity index (χ1n) is 10.2. The smallest absolute Gasteiger partial charge is 0.142 e. The molecule has 0 atom stereocenters. The van der Waals surface area contributed by atoms with Crippen LogP contribution >= 0.6 is 11.6 Å². The van der Waals surface area contributed by atoms with Crippen molar-refractivity contribution in [3.63, 3.8) is 0 Å². The van der Waals surface area contributed by atoms with E-state index < -0.39 is 0 Å². The summed E-state index contributed by atoms with van der Waals surface area (Å²) in [5.74, 6) is 0.699. The first-order valence-corrected chi connectivity index (χ1v) is 10.5. The third-order valence-electron chi connectivity index (χ3n) is 5.53. The van der Waals surface area contributed by atoms with Crippen molar-refractivity contribution in [1.82, 2.24) is 9.88 Å². The standard InChI is InChI=1S/C23H30ClN3O/c1-4-27(5-2)14-8-6-7-9-18-17-11-10-16(24)15-20(17)26-19-12-13-21(28-3)23(25)22(18)19/h10-13,15H,4-9,14,25H2,1-3H3. The SMILES string of the molecule is CCN(CC)CCCCCc1c2ccc(Cl)cc2nc2ccc(OC)c(N)c12. The van der Waals surface area contributed by atoms with Crippen molar-refractivity contribution in [3.05, 3.63) is 40.9 Å². The van der Waals surface area contributed by atoms with E-state index >= 15 is 0 Å². The van der Waals surface area contributed by atoms with Gasteiger partial charge in [0.25, 0.3) is 0 Å². The van der Waals surface area contributed by atoms with Gasteiger partial charge in [-0.2, -0.15) is 0 Å². The lowest BCUT2D eigenvalue weighted by molar-refractivity contribution is 0.296. The van der Waals surface area contributed by atoms with E-state index in [-0.39, 0.29) is 0 Å². The third-order valence-corrected chi connectivity index (χ3v) is 5.76. The molecule has 28 heavy (non-hydrogen) atoms. The van der Waals surface area contributed by atoms with Gasteiger partial charge in [0.1, 0.15) is 5.75 Å². The number of halogens is 1. The fraction of sp³-hybridized carbons (Fsp3) is 0.435. The highest BCUT2D eigenvalue weighted by Gasteiger charge is 2.15. The van der Waals surface area contributed by atoms with Crippen LogP contribution in [0.3, 0.4) is 0 Å². The summed E-state index contributed by atoms with van der Waals surface area (Å²) in [7, 11) is 1.65. The molecule has 0 unspecified atom stereocenters. The predicted octanol–water partition coefficient (Wildman–Crippen LogP) is 5.69. The summed E-state index contributed by atoms with van der Waals surface area (Å²) >= 11 is 6.21. The van der Waals surface area contributed by atoms with E-state index in [9.17, 15) is 0 Å². The maximum atomic E-state index is 6.46. The molecule has 0 amide bonds. The Hall–Kier alpha value is -2.04. The van der Waals surface area contributed by atoms with E-state index in [1.165, 1.54) is 18.4 Å². The van der Waals surface area contributed by atoms with Crippen molar-refractivity contribution < 1.29 is 4.74 Å². The molecule has 1 aromatic heterocycles. The summed E-state index contributed by atoms with van der Waals surface area (Å²) < 4.78 is 5.45. The first kappa shape index (κ1) is 20.7. The highest BCUT2D eigenvalue weighted by molar-refractivity contribution is 6.31. The van der Waals surface area contributed by atoms with Gasteiger partial charge in [-0.1, -0.05) is 37.9 Å². The summed E-state index contributed by atoms with van der Waals surface area (Å²) in [6.45, 7) is 7.84. The summed E-state index contributed by atoms with van der Waals surface area (Å²) in [5.41, 5.74) is 10.2. The minimum atomic E-state index is 0.669. The second-order valence-electron chi connectivity index (χ2n) is 7.16. The van der Waals surface area contributed by atoms with Crippen LogP contribution in [0, 0.1) is 0 Å². The number of aryl methyl sites for hydroxylation is 1. The molecule has 0 bridgehead atoms. The molecule has 0 spiro atoms. The third kappa shape index (κ3) is 4.34. The molecular formula is C23H30ClN3O. The van der Waals surface area contributed by atoms with Gasteiger partial charge in [-0.05, 0) is 68.7 Å². The monoisotopic (exact) mass is 399 g/mol. The lowest BCUT2D eigenvalue weighted by atomic mass is 9.96. The molecule has 2 aromatic carbocycles. The molecule has 0 fully saturated rings. The van der Waals surface area contributed by atoms with Gasteiger partial charge in [0, 0.05) is 15.8 Å². The average Bonchev–Trinajstić information content (AvgIpc) is 2.70. The van der Waals surface area contributed by atoms with Crippen molar-refractivity contribution in [2.75, 3.05) is 32.5 Å². The van der Waals surface area contributed by atoms with Crippen LogP contribution in [0.25, 0.3) is 21.8 Å². The van der Waals surface area contributed by atoms with Gasteiger partial charge in [0.05, 0.1) is 23.8 Å². The quantitative estimate of drug-likeness (QED) is 0.285. The number of methoxy groups -OCH3 is 1. The van der Waals surface area contributed by atoms with Crippen molar-refractivity contribution in [2.45, 2.75) is 39.5 Å². The number of unbranched alkanes of at least 4 members (excludes halogenated alkanes) is 2. The molecule has 1 heterocycles. The number of pyridine rings is 1. The van der Waals surface area contributed by atoms with Gasteiger partial charge in [-0.15, -0.1) is 0 Å². The molecule has 0 radical (unpaired) electrons. The number of rotatable bonds is 9. The van der Waals surface area contributed by atoms with E-state index in [0.29, 0.717) is 16.5 Å². The fourth-order valence-electron chi connectivity index (χ4n) is 3.91.